The van der Waals surface area contributed by atoms with Gasteiger partial charge in [-0.2, -0.15) is 17.4 Å². The summed E-state index contributed by atoms with van der Waals surface area (Å²) in [6.07, 6.45) is 5.18. The van der Waals surface area contributed by atoms with Crippen LogP contribution in [0.4, 0.5) is 4.39 Å². The second-order valence-corrected chi connectivity index (χ2v) is 9.37. The first-order chi connectivity index (χ1) is 16.5. The SMILES string of the molecule is CCOC(=O)CCCn1nnc(C=C2CN(C(C(=O)C3CC3)c3ccccc3F)CCC2S)n1.Cl. The molecule has 0 bridgehead atoms. The van der Waals surface area contributed by atoms with E-state index in [1.165, 1.54) is 10.9 Å². The van der Waals surface area contributed by atoms with E-state index in [9.17, 15) is 14.0 Å². The van der Waals surface area contributed by atoms with Gasteiger partial charge in [0.15, 0.2) is 11.6 Å². The van der Waals surface area contributed by atoms with Gasteiger partial charge in [0.1, 0.15) is 5.82 Å². The molecule has 2 fully saturated rings. The van der Waals surface area contributed by atoms with Gasteiger partial charge in [0.2, 0.25) is 0 Å². The Bertz CT molecular complexity index is 1060. The minimum Gasteiger partial charge on any atom is -0.466 e. The van der Waals surface area contributed by atoms with Gasteiger partial charge in [-0.25, -0.2) is 4.39 Å². The van der Waals surface area contributed by atoms with E-state index in [4.69, 9.17) is 17.4 Å². The highest BCUT2D eigenvalue weighted by molar-refractivity contribution is 7.81. The van der Waals surface area contributed by atoms with Crippen molar-refractivity contribution in [3.8, 4) is 0 Å². The predicted molar refractivity (Wildman–Crippen MR) is 135 cm³/mol. The number of esters is 1. The Hall–Kier alpha value is -2.30. The highest BCUT2D eigenvalue weighted by Crippen LogP contribution is 2.39. The summed E-state index contributed by atoms with van der Waals surface area (Å²) in [6, 6.07) is 5.93. The van der Waals surface area contributed by atoms with Crippen LogP contribution in [0.15, 0.2) is 29.8 Å². The molecule has 8 nitrogen and oxygen atoms in total. The molecule has 2 heterocycles. The van der Waals surface area contributed by atoms with Crippen molar-refractivity contribution in [3.63, 3.8) is 0 Å². The third kappa shape index (κ3) is 7.11. The first-order valence-corrected chi connectivity index (χ1v) is 12.3. The van der Waals surface area contributed by atoms with Crippen LogP contribution in [-0.4, -0.2) is 61.8 Å². The number of nitrogens with zero attached hydrogens (tertiary/aromatic N) is 5. The quantitative estimate of drug-likeness (QED) is 0.375. The number of rotatable bonds is 10. The van der Waals surface area contributed by atoms with Gasteiger partial charge in [-0.3, -0.25) is 14.5 Å². The Morgan fingerprint density at radius 1 is 1.29 bits per heavy atom. The van der Waals surface area contributed by atoms with Gasteiger partial charge in [-0.1, -0.05) is 18.2 Å². The second kappa shape index (κ2) is 12.6. The maximum absolute atomic E-state index is 14.7. The van der Waals surface area contributed by atoms with Crippen LogP contribution in [0.1, 0.15) is 56.5 Å². The van der Waals surface area contributed by atoms with Gasteiger partial charge in [-0.15, -0.1) is 22.6 Å². The molecule has 1 saturated heterocycles. The molecule has 35 heavy (non-hydrogen) atoms. The van der Waals surface area contributed by atoms with Gasteiger partial charge in [0, 0.05) is 36.2 Å². The molecular weight excluding hydrogens is 493 g/mol. The number of hydrogen-bond donors (Lipinski definition) is 1. The maximum Gasteiger partial charge on any atom is 0.305 e. The molecule has 1 aromatic heterocycles. The van der Waals surface area contributed by atoms with E-state index >= 15 is 0 Å². The molecule has 2 aliphatic rings. The number of ketones is 1. The summed E-state index contributed by atoms with van der Waals surface area (Å²) in [5, 5.41) is 12.5. The van der Waals surface area contributed by atoms with Crippen LogP contribution in [-0.2, 0) is 20.9 Å². The topological polar surface area (TPSA) is 90.2 Å². The molecule has 0 radical (unpaired) electrons. The highest BCUT2D eigenvalue weighted by atomic mass is 35.5. The molecule has 4 rings (SSSR count). The van der Waals surface area contributed by atoms with Crippen LogP contribution in [0.3, 0.4) is 0 Å². The molecule has 1 aliphatic carbocycles. The monoisotopic (exact) mass is 523 g/mol. The number of thiol groups is 1. The van der Waals surface area contributed by atoms with Crippen LogP contribution in [0.2, 0.25) is 0 Å². The van der Waals surface area contributed by atoms with E-state index in [0.717, 1.165) is 24.8 Å². The molecule has 0 spiro atoms. The van der Waals surface area contributed by atoms with Crippen molar-refractivity contribution in [1.29, 1.82) is 0 Å². The molecule has 11 heteroatoms. The van der Waals surface area contributed by atoms with Crippen molar-refractivity contribution < 1.29 is 18.7 Å². The summed E-state index contributed by atoms with van der Waals surface area (Å²) >= 11 is 4.73. The van der Waals surface area contributed by atoms with Crippen molar-refractivity contribution in [3.05, 3.63) is 47.0 Å². The lowest BCUT2D eigenvalue weighted by molar-refractivity contribution is -0.143. The third-order valence-corrected chi connectivity index (χ3v) is 6.73. The predicted octanol–water partition coefficient (Wildman–Crippen LogP) is 3.69. The summed E-state index contributed by atoms with van der Waals surface area (Å²) < 4.78 is 19.6. The first kappa shape index (κ1) is 27.3. The second-order valence-electron chi connectivity index (χ2n) is 8.75. The zero-order valence-electron chi connectivity index (χ0n) is 19.7. The Morgan fingerprint density at radius 3 is 2.77 bits per heavy atom. The number of tetrazole rings is 1. The number of aromatic nitrogens is 4. The van der Waals surface area contributed by atoms with E-state index in [1.54, 1.807) is 25.1 Å². The number of benzene rings is 1. The van der Waals surface area contributed by atoms with Gasteiger partial charge >= 0.3 is 5.97 Å². The van der Waals surface area contributed by atoms with Crippen LogP contribution < -0.4 is 0 Å². The largest absolute Gasteiger partial charge is 0.466 e. The van der Waals surface area contributed by atoms with Gasteiger partial charge < -0.3 is 4.74 Å². The molecule has 190 valence electrons. The van der Waals surface area contributed by atoms with E-state index < -0.39 is 6.04 Å². The van der Waals surface area contributed by atoms with Gasteiger partial charge in [0.25, 0.3) is 0 Å². The minimum absolute atomic E-state index is 0. The third-order valence-electron chi connectivity index (χ3n) is 6.14. The van der Waals surface area contributed by atoms with Crippen molar-refractivity contribution in [2.75, 3.05) is 19.7 Å². The fourth-order valence-corrected chi connectivity index (χ4v) is 4.52. The number of Topliss-reactive ketones (excluding diaryl/α,β-unsaturated/α-hetero) is 1. The molecule has 2 atom stereocenters. The molecule has 1 aliphatic heterocycles. The van der Waals surface area contributed by atoms with Crippen LogP contribution in [0, 0.1) is 11.7 Å². The zero-order chi connectivity index (χ0) is 24.1. The van der Waals surface area contributed by atoms with Gasteiger partial charge in [-0.05, 0) is 55.5 Å². The normalized spacial score (nSPS) is 20.3. The standard InChI is InChI=1S/C24H30FN5O3S.ClH/c1-2-33-22(31)8-5-12-30-27-21(26-28-30)14-17-15-29(13-11-20(17)34)23(24(32)16-9-10-16)18-6-3-4-7-19(18)25;/h3-4,6-7,14,16,20,23,34H,2,5,8-13,15H2,1H3;1H. The van der Waals surface area contributed by atoms with Crippen molar-refractivity contribution in [2.45, 2.75) is 56.9 Å². The molecule has 2 unspecified atom stereocenters. The lowest BCUT2D eigenvalue weighted by atomic mass is 9.93. The van der Waals surface area contributed by atoms with E-state index in [2.05, 4.69) is 15.4 Å². The summed E-state index contributed by atoms with van der Waals surface area (Å²) in [7, 11) is 0. The number of likely N-dealkylation sites (tertiary alicyclic amines) is 1. The van der Waals surface area contributed by atoms with Crippen LogP contribution in [0.5, 0.6) is 0 Å². The lowest BCUT2D eigenvalue weighted by Crippen LogP contribution is -2.42. The fraction of sp³-hybridized carbons (Fsp3) is 0.542. The smallest absolute Gasteiger partial charge is 0.305 e. The number of ether oxygens (including phenoxy) is 1. The number of aryl methyl sites for hydroxylation is 1. The molecular formula is C24H31ClFN5O3S. The Balaban J connectivity index is 0.00000342. The van der Waals surface area contributed by atoms with Crippen molar-refractivity contribution in [2.24, 2.45) is 5.92 Å². The highest BCUT2D eigenvalue weighted by Gasteiger charge is 2.40. The molecule has 1 saturated carbocycles. The summed E-state index contributed by atoms with van der Waals surface area (Å²) in [5.41, 5.74) is 1.40. The molecule has 1 aromatic carbocycles. The number of hydrogen-bond acceptors (Lipinski definition) is 8. The molecule has 0 amide bonds. The maximum atomic E-state index is 14.7. The average Bonchev–Trinajstić information content (AvgIpc) is 3.58. The van der Waals surface area contributed by atoms with Gasteiger partial charge in [0.05, 0.1) is 19.2 Å². The van der Waals surface area contributed by atoms with Crippen LogP contribution >= 0.6 is 25.0 Å². The number of carbonyl (C=O) groups excluding carboxylic acids is 2. The first-order valence-electron chi connectivity index (χ1n) is 11.8. The molecule has 0 N–H and O–H groups in total. The van der Waals surface area contributed by atoms with E-state index in [1.807, 2.05) is 11.0 Å². The fourth-order valence-electron chi connectivity index (χ4n) is 4.24. The molecule has 2 aromatic rings. The average molecular weight is 524 g/mol. The minimum atomic E-state index is -0.607. The number of piperidine rings is 1. The zero-order valence-corrected chi connectivity index (χ0v) is 21.4. The lowest BCUT2D eigenvalue weighted by Gasteiger charge is -2.37. The number of halogens is 2. The summed E-state index contributed by atoms with van der Waals surface area (Å²) in [6.45, 7) is 3.72. The van der Waals surface area contributed by atoms with E-state index in [0.29, 0.717) is 50.5 Å². The van der Waals surface area contributed by atoms with E-state index in [-0.39, 0.29) is 41.1 Å². The summed E-state index contributed by atoms with van der Waals surface area (Å²) in [5.74, 6) is -0.0413. The number of carbonyl (C=O) groups is 2. The Labute approximate surface area is 216 Å². The van der Waals surface area contributed by atoms with Crippen LogP contribution in [0.25, 0.3) is 6.08 Å². The Kier molecular flexibility index (Phi) is 9.82. The van der Waals surface area contributed by atoms with Crippen molar-refractivity contribution in [1.82, 2.24) is 25.1 Å². The summed E-state index contributed by atoms with van der Waals surface area (Å²) in [4.78, 5) is 28.2. The Morgan fingerprint density at radius 2 is 2.06 bits per heavy atom. The van der Waals surface area contributed by atoms with Crippen molar-refractivity contribution >= 4 is 42.9 Å².